The van der Waals surface area contributed by atoms with E-state index in [0.29, 0.717) is 5.92 Å². The van der Waals surface area contributed by atoms with E-state index in [2.05, 4.69) is 31.2 Å². The minimum atomic E-state index is 0.138. The van der Waals surface area contributed by atoms with E-state index in [4.69, 9.17) is 0 Å². The van der Waals surface area contributed by atoms with Crippen LogP contribution in [0.2, 0.25) is 0 Å². The summed E-state index contributed by atoms with van der Waals surface area (Å²) in [6.45, 7) is 5.72. The second-order valence-corrected chi connectivity index (χ2v) is 6.69. The van der Waals surface area contributed by atoms with Gasteiger partial charge in [0.1, 0.15) is 0 Å². The zero-order valence-corrected chi connectivity index (χ0v) is 14.4. The zero-order chi connectivity index (χ0) is 15.5. The highest BCUT2D eigenvalue weighted by Gasteiger charge is 2.20. The molecule has 4 nitrogen and oxygen atoms in total. The zero-order valence-electron chi connectivity index (χ0n) is 14.4. The SMILES string of the molecule is CCCCCNC(=O)N(CCN(C)C)CC1CCCCC1. The Bertz CT molecular complexity index is 275. The van der Waals surface area contributed by atoms with Gasteiger partial charge in [0.15, 0.2) is 0 Å². The van der Waals surface area contributed by atoms with E-state index in [0.717, 1.165) is 32.6 Å². The van der Waals surface area contributed by atoms with Crippen LogP contribution in [0.5, 0.6) is 0 Å². The van der Waals surface area contributed by atoms with Gasteiger partial charge in [-0.15, -0.1) is 0 Å². The van der Waals surface area contributed by atoms with E-state index in [1.807, 2.05) is 4.90 Å². The minimum absolute atomic E-state index is 0.138. The third kappa shape index (κ3) is 8.30. The topological polar surface area (TPSA) is 35.6 Å². The summed E-state index contributed by atoms with van der Waals surface area (Å²) >= 11 is 0. The normalized spacial score (nSPS) is 16.2. The Hall–Kier alpha value is -0.770. The number of unbranched alkanes of at least 4 members (excludes halogenated alkanes) is 2. The molecule has 124 valence electrons. The molecule has 1 aliphatic carbocycles. The number of rotatable bonds is 9. The molecule has 1 aliphatic rings. The lowest BCUT2D eigenvalue weighted by atomic mass is 9.89. The Balaban J connectivity index is 2.39. The Morgan fingerprint density at radius 3 is 2.43 bits per heavy atom. The van der Waals surface area contributed by atoms with Crippen LogP contribution in [0, 0.1) is 5.92 Å². The van der Waals surface area contributed by atoms with E-state index < -0.39 is 0 Å². The molecule has 0 aromatic carbocycles. The highest BCUT2D eigenvalue weighted by Crippen LogP contribution is 2.24. The third-order valence-corrected chi connectivity index (χ3v) is 4.36. The molecule has 0 bridgehead atoms. The fourth-order valence-corrected chi connectivity index (χ4v) is 2.96. The van der Waals surface area contributed by atoms with Gasteiger partial charge in [0, 0.05) is 26.2 Å². The van der Waals surface area contributed by atoms with E-state index in [9.17, 15) is 4.79 Å². The summed E-state index contributed by atoms with van der Waals surface area (Å²) in [6, 6.07) is 0.138. The second kappa shape index (κ2) is 10.9. The smallest absolute Gasteiger partial charge is 0.317 e. The van der Waals surface area contributed by atoms with E-state index >= 15 is 0 Å². The number of likely N-dealkylation sites (N-methyl/N-ethyl adjacent to an activating group) is 1. The van der Waals surface area contributed by atoms with Gasteiger partial charge in [-0.2, -0.15) is 0 Å². The van der Waals surface area contributed by atoms with E-state index in [1.165, 1.54) is 44.9 Å². The number of carbonyl (C=O) groups is 1. The van der Waals surface area contributed by atoms with Gasteiger partial charge in [-0.25, -0.2) is 4.79 Å². The predicted octanol–water partition coefficient (Wildman–Crippen LogP) is 3.33. The molecule has 0 heterocycles. The van der Waals surface area contributed by atoms with Crippen LogP contribution < -0.4 is 5.32 Å². The number of amides is 2. The van der Waals surface area contributed by atoms with Crippen molar-refractivity contribution < 1.29 is 4.79 Å². The molecule has 1 fully saturated rings. The molecule has 0 atom stereocenters. The van der Waals surface area contributed by atoms with Gasteiger partial charge in [-0.05, 0) is 39.3 Å². The van der Waals surface area contributed by atoms with Gasteiger partial charge < -0.3 is 15.1 Å². The Kier molecular flexibility index (Phi) is 9.48. The fraction of sp³-hybridized carbons (Fsp3) is 0.941. The fourth-order valence-electron chi connectivity index (χ4n) is 2.96. The Morgan fingerprint density at radius 1 is 1.10 bits per heavy atom. The molecule has 1 rings (SSSR count). The summed E-state index contributed by atoms with van der Waals surface area (Å²) in [6.07, 6.45) is 10.1. The highest BCUT2D eigenvalue weighted by atomic mass is 16.2. The van der Waals surface area contributed by atoms with Gasteiger partial charge in [0.25, 0.3) is 0 Å². The first-order valence-corrected chi connectivity index (χ1v) is 8.81. The van der Waals surface area contributed by atoms with Gasteiger partial charge in [-0.3, -0.25) is 0 Å². The standard InChI is InChI=1S/C17H35N3O/c1-4-5-9-12-18-17(21)20(14-13-19(2)3)15-16-10-7-6-8-11-16/h16H,4-15H2,1-3H3,(H,18,21). The van der Waals surface area contributed by atoms with Gasteiger partial charge in [0.2, 0.25) is 0 Å². The molecule has 0 aromatic rings. The molecule has 1 N–H and O–H groups in total. The monoisotopic (exact) mass is 297 g/mol. The average Bonchev–Trinajstić information content (AvgIpc) is 2.48. The van der Waals surface area contributed by atoms with Crippen LogP contribution in [-0.4, -0.2) is 56.1 Å². The van der Waals surface area contributed by atoms with Crippen LogP contribution in [0.25, 0.3) is 0 Å². The van der Waals surface area contributed by atoms with Crippen LogP contribution in [-0.2, 0) is 0 Å². The maximum absolute atomic E-state index is 12.4. The lowest BCUT2D eigenvalue weighted by Crippen LogP contribution is -2.45. The van der Waals surface area contributed by atoms with Crippen molar-refractivity contribution in [2.75, 3.05) is 40.3 Å². The van der Waals surface area contributed by atoms with Crippen molar-refractivity contribution in [3.8, 4) is 0 Å². The van der Waals surface area contributed by atoms with Crippen molar-refractivity contribution in [2.45, 2.75) is 58.3 Å². The van der Waals surface area contributed by atoms with E-state index in [-0.39, 0.29) is 6.03 Å². The minimum Gasteiger partial charge on any atom is -0.338 e. The number of carbonyl (C=O) groups excluding carboxylic acids is 1. The summed E-state index contributed by atoms with van der Waals surface area (Å²) in [7, 11) is 4.13. The quantitative estimate of drug-likeness (QED) is 0.663. The summed E-state index contributed by atoms with van der Waals surface area (Å²) < 4.78 is 0. The van der Waals surface area contributed by atoms with Gasteiger partial charge in [-0.1, -0.05) is 39.0 Å². The molecule has 0 unspecified atom stereocenters. The first-order chi connectivity index (χ1) is 10.1. The van der Waals surface area contributed by atoms with E-state index in [1.54, 1.807) is 0 Å². The lowest BCUT2D eigenvalue weighted by molar-refractivity contribution is 0.171. The number of nitrogens with zero attached hydrogens (tertiary/aromatic N) is 2. The molecule has 0 aliphatic heterocycles. The maximum Gasteiger partial charge on any atom is 0.317 e. The van der Waals surface area contributed by atoms with Crippen molar-refractivity contribution in [1.29, 1.82) is 0 Å². The summed E-state index contributed by atoms with van der Waals surface area (Å²) in [5.41, 5.74) is 0. The van der Waals surface area contributed by atoms with Crippen LogP contribution in [0.1, 0.15) is 58.3 Å². The second-order valence-electron chi connectivity index (χ2n) is 6.69. The summed E-state index contributed by atoms with van der Waals surface area (Å²) in [5, 5.41) is 3.10. The highest BCUT2D eigenvalue weighted by molar-refractivity contribution is 5.74. The largest absolute Gasteiger partial charge is 0.338 e. The van der Waals surface area contributed by atoms with Crippen molar-refractivity contribution >= 4 is 6.03 Å². The van der Waals surface area contributed by atoms with Crippen molar-refractivity contribution in [1.82, 2.24) is 15.1 Å². The molecule has 1 saturated carbocycles. The van der Waals surface area contributed by atoms with Crippen molar-refractivity contribution in [2.24, 2.45) is 5.92 Å². The van der Waals surface area contributed by atoms with Gasteiger partial charge >= 0.3 is 6.03 Å². The Morgan fingerprint density at radius 2 is 1.81 bits per heavy atom. The molecule has 0 radical (unpaired) electrons. The van der Waals surface area contributed by atoms with Crippen LogP contribution in [0.3, 0.4) is 0 Å². The molecular formula is C17H35N3O. The van der Waals surface area contributed by atoms with Gasteiger partial charge in [0.05, 0.1) is 0 Å². The van der Waals surface area contributed by atoms with Crippen molar-refractivity contribution in [3.63, 3.8) is 0 Å². The Labute approximate surface area is 131 Å². The number of hydrogen-bond acceptors (Lipinski definition) is 2. The number of urea groups is 1. The summed E-state index contributed by atoms with van der Waals surface area (Å²) in [4.78, 5) is 16.6. The molecule has 4 heteroatoms. The number of hydrogen-bond donors (Lipinski definition) is 1. The van der Waals surface area contributed by atoms with Crippen molar-refractivity contribution in [3.05, 3.63) is 0 Å². The van der Waals surface area contributed by atoms with Crippen LogP contribution in [0.4, 0.5) is 4.79 Å². The molecular weight excluding hydrogens is 262 g/mol. The average molecular weight is 297 g/mol. The van der Waals surface area contributed by atoms with Crippen LogP contribution >= 0.6 is 0 Å². The molecule has 0 saturated heterocycles. The maximum atomic E-state index is 12.4. The molecule has 2 amide bonds. The number of nitrogens with one attached hydrogen (secondary N) is 1. The predicted molar refractivity (Wildman–Crippen MR) is 89.6 cm³/mol. The first-order valence-electron chi connectivity index (χ1n) is 8.81. The first kappa shape index (κ1) is 18.3. The molecule has 21 heavy (non-hydrogen) atoms. The van der Waals surface area contributed by atoms with Crippen LogP contribution in [0.15, 0.2) is 0 Å². The molecule has 0 spiro atoms. The lowest BCUT2D eigenvalue weighted by Gasteiger charge is -2.30. The third-order valence-electron chi connectivity index (χ3n) is 4.36. The summed E-state index contributed by atoms with van der Waals surface area (Å²) in [5.74, 6) is 0.710. The molecule has 0 aromatic heterocycles.